The van der Waals surface area contributed by atoms with E-state index in [0.29, 0.717) is 12.3 Å². The fraction of sp³-hybridized carbons (Fsp3) is 0.571. The molecule has 1 amide bonds. The quantitative estimate of drug-likeness (QED) is 0.845. The number of hydrogen-bond donors (Lipinski definition) is 0. The molecule has 0 N–H and O–H groups in total. The van der Waals surface area contributed by atoms with E-state index in [9.17, 15) is 4.79 Å². The Labute approximate surface area is 122 Å². The molecule has 7 nitrogen and oxygen atoms in total. The summed E-state index contributed by atoms with van der Waals surface area (Å²) in [5.74, 6) is 0.568. The van der Waals surface area contributed by atoms with E-state index in [1.807, 2.05) is 13.0 Å². The molecule has 0 aromatic carbocycles. The highest BCUT2D eigenvalue weighted by atomic mass is 16.5. The number of aryl methyl sites for hydroxylation is 1. The summed E-state index contributed by atoms with van der Waals surface area (Å²) < 4.78 is 7.29. The van der Waals surface area contributed by atoms with Gasteiger partial charge in [-0.3, -0.25) is 9.20 Å². The van der Waals surface area contributed by atoms with Crippen LogP contribution in [0.25, 0.3) is 5.78 Å². The van der Waals surface area contributed by atoms with Gasteiger partial charge in [-0.25, -0.2) is 4.98 Å². The highest BCUT2D eigenvalue weighted by Crippen LogP contribution is 2.14. The van der Waals surface area contributed by atoms with Crippen LogP contribution in [-0.4, -0.2) is 56.7 Å². The van der Waals surface area contributed by atoms with Crippen LogP contribution in [0.15, 0.2) is 12.3 Å². The van der Waals surface area contributed by atoms with Gasteiger partial charge in [-0.05, 0) is 32.3 Å². The van der Waals surface area contributed by atoms with Crippen LogP contribution in [0.4, 0.5) is 0 Å². The van der Waals surface area contributed by atoms with Crippen molar-refractivity contribution in [2.45, 2.75) is 32.3 Å². The predicted octanol–water partition coefficient (Wildman–Crippen LogP) is 1.07. The van der Waals surface area contributed by atoms with Crippen LogP contribution in [0.3, 0.4) is 0 Å². The van der Waals surface area contributed by atoms with Crippen LogP contribution >= 0.6 is 0 Å². The van der Waals surface area contributed by atoms with E-state index in [-0.39, 0.29) is 17.8 Å². The van der Waals surface area contributed by atoms with Crippen molar-refractivity contribution in [2.75, 3.05) is 20.2 Å². The van der Waals surface area contributed by atoms with Crippen LogP contribution in [0.5, 0.6) is 0 Å². The molecule has 21 heavy (non-hydrogen) atoms. The Hall–Kier alpha value is -2.02. The van der Waals surface area contributed by atoms with E-state index in [1.54, 1.807) is 22.5 Å². The summed E-state index contributed by atoms with van der Waals surface area (Å²) in [6, 6.07) is 1.83. The van der Waals surface area contributed by atoms with Crippen molar-refractivity contribution < 1.29 is 9.53 Å². The Balaban J connectivity index is 1.76. The van der Waals surface area contributed by atoms with E-state index in [4.69, 9.17) is 4.74 Å². The summed E-state index contributed by atoms with van der Waals surface area (Å²) in [7, 11) is 1.77. The molecule has 112 valence electrons. The Morgan fingerprint density at radius 1 is 1.48 bits per heavy atom. The Morgan fingerprint density at radius 3 is 3.10 bits per heavy atom. The topological polar surface area (TPSA) is 72.6 Å². The van der Waals surface area contributed by atoms with Gasteiger partial charge in [0.25, 0.3) is 11.7 Å². The van der Waals surface area contributed by atoms with Gasteiger partial charge in [0.05, 0.1) is 6.10 Å². The average Bonchev–Trinajstić information content (AvgIpc) is 2.90. The molecule has 0 aliphatic carbocycles. The molecular formula is C14H19N5O2. The van der Waals surface area contributed by atoms with E-state index < -0.39 is 0 Å². The fourth-order valence-corrected chi connectivity index (χ4v) is 2.53. The van der Waals surface area contributed by atoms with Crippen molar-refractivity contribution in [3.05, 3.63) is 23.8 Å². The third-order valence-electron chi connectivity index (χ3n) is 3.71. The third-order valence-corrected chi connectivity index (χ3v) is 3.71. The molecular weight excluding hydrogens is 270 g/mol. The summed E-state index contributed by atoms with van der Waals surface area (Å²) >= 11 is 0. The molecule has 0 saturated carbocycles. The minimum absolute atomic E-state index is 0.118. The Morgan fingerprint density at radius 2 is 2.33 bits per heavy atom. The zero-order chi connectivity index (χ0) is 14.8. The first-order valence-electron chi connectivity index (χ1n) is 7.20. The number of hydrogen-bond acceptors (Lipinski definition) is 5. The summed E-state index contributed by atoms with van der Waals surface area (Å²) in [4.78, 5) is 18.4. The number of carbonyl (C=O) groups excluding carboxylic acids is 1. The first kappa shape index (κ1) is 13.9. The van der Waals surface area contributed by atoms with Crippen molar-refractivity contribution >= 4 is 11.7 Å². The monoisotopic (exact) mass is 289 g/mol. The summed E-state index contributed by atoms with van der Waals surface area (Å²) in [6.45, 7) is 3.24. The Kier molecular flexibility index (Phi) is 3.83. The minimum Gasteiger partial charge on any atom is -0.376 e. The summed E-state index contributed by atoms with van der Waals surface area (Å²) in [5.41, 5.74) is 0.845. The lowest BCUT2D eigenvalue weighted by molar-refractivity contribution is -0.000427. The number of amides is 1. The molecule has 0 unspecified atom stereocenters. The highest BCUT2D eigenvalue weighted by molar-refractivity contribution is 5.91. The first-order valence-corrected chi connectivity index (χ1v) is 7.20. The van der Waals surface area contributed by atoms with E-state index >= 15 is 0 Å². The van der Waals surface area contributed by atoms with Crippen molar-refractivity contribution in [2.24, 2.45) is 0 Å². The minimum atomic E-state index is -0.165. The maximum atomic E-state index is 12.5. The average molecular weight is 289 g/mol. The molecule has 0 spiro atoms. The maximum absolute atomic E-state index is 12.5. The summed E-state index contributed by atoms with van der Waals surface area (Å²) in [5, 5.41) is 7.92. The van der Waals surface area contributed by atoms with Crippen LogP contribution in [0, 0.1) is 6.92 Å². The zero-order valence-corrected chi connectivity index (χ0v) is 12.3. The van der Waals surface area contributed by atoms with Crippen LogP contribution < -0.4 is 0 Å². The number of likely N-dealkylation sites (N-methyl/N-ethyl adjacent to an activating group) is 1. The van der Waals surface area contributed by atoms with Gasteiger partial charge in [0.1, 0.15) is 0 Å². The van der Waals surface area contributed by atoms with Crippen molar-refractivity contribution in [1.29, 1.82) is 0 Å². The van der Waals surface area contributed by atoms with Gasteiger partial charge in [-0.2, -0.15) is 0 Å². The molecule has 1 atom stereocenters. The molecule has 2 aromatic rings. The molecule has 0 bridgehead atoms. The molecule has 3 rings (SSSR count). The van der Waals surface area contributed by atoms with E-state index in [0.717, 1.165) is 31.6 Å². The molecule has 2 aromatic heterocycles. The first-order chi connectivity index (χ1) is 10.1. The molecule has 7 heteroatoms. The molecule has 1 aliphatic heterocycles. The second-order valence-electron chi connectivity index (χ2n) is 5.44. The molecule has 1 aliphatic rings. The van der Waals surface area contributed by atoms with Gasteiger partial charge in [0.2, 0.25) is 5.82 Å². The van der Waals surface area contributed by atoms with E-state index in [2.05, 4.69) is 15.2 Å². The number of ether oxygens (including phenoxy) is 1. The van der Waals surface area contributed by atoms with Gasteiger partial charge in [0, 0.05) is 32.1 Å². The normalized spacial score (nSPS) is 18.9. The number of nitrogens with zero attached hydrogens (tertiary/aromatic N) is 5. The summed E-state index contributed by atoms with van der Waals surface area (Å²) in [6.07, 6.45) is 5.15. The zero-order valence-electron chi connectivity index (χ0n) is 12.3. The number of rotatable bonds is 3. The van der Waals surface area contributed by atoms with Gasteiger partial charge in [-0.1, -0.05) is 0 Å². The fourth-order valence-electron chi connectivity index (χ4n) is 2.53. The van der Waals surface area contributed by atoms with Crippen molar-refractivity contribution in [3.8, 4) is 0 Å². The van der Waals surface area contributed by atoms with Gasteiger partial charge in [0.15, 0.2) is 0 Å². The van der Waals surface area contributed by atoms with Crippen LogP contribution in [-0.2, 0) is 4.74 Å². The standard InChI is InChI=1S/C14H19N5O2/c1-10-6-7-19-12(16-17-14(19)15-10)13(20)18(2)9-11-5-3-4-8-21-11/h6-7,11H,3-5,8-9H2,1-2H3/t11-/m1/s1. The number of aromatic nitrogens is 4. The van der Waals surface area contributed by atoms with E-state index in [1.165, 1.54) is 0 Å². The largest absolute Gasteiger partial charge is 0.376 e. The lowest BCUT2D eigenvalue weighted by Crippen LogP contribution is -2.37. The SMILES string of the molecule is Cc1ccn2c(C(=O)N(C)C[C@H]3CCCCO3)nnc2n1. The second kappa shape index (κ2) is 5.77. The predicted molar refractivity (Wildman–Crippen MR) is 76.1 cm³/mol. The van der Waals surface area contributed by atoms with Crippen molar-refractivity contribution in [1.82, 2.24) is 24.5 Å². The Bertz CT molecular complexity index is 648. The lowest BCUT2D eigenvalue weighted by atomic mass is 10.1. The number of fused-ring (bicyclic) bond motifs is 1. The van der Waals surface area contributed by atoms with Crippen LogP contribution in [0.1, 0.15) is 35.6 Å². The van der Waals surface area contributed by atoms with Crippen LogP contribution in [0.2, 0.25) is 0 Å². The molecule has 3 heterocycles. The molecule has 1 fully saturated rings. The molecule has 1 saturated heterocycles. The molecule has 0 radical (unpaired) electrons. The van der Waals surface area contributed by atoms with Gasteiger partial charge >= 0.3 is 0 Å². The number of carbonyl (C=O) groups is 1. The third kappa shape index (κ3) is 2.87. The van der Waals surface area contributed by atoms with Crippen molar-refractivity contribution in [3.63, 3.8) is 0 Å². The lowest BCUT2D eigenvalue weighted by Gasteiger charge is -2.27. The van der Waals surface area contributed by atoms with Gasteiger partial charge < -0.3 is 9.64 Å². The maximum Gasteiger partial charge on any atom is 0.292 e. The smallest absolute Gasteiger partial charge is 0.292 e. The second-order valence-corrected chi connectivity index (χ2v) is 5.44. The highest BCUT2D eigenvalue weighted by Gasteiger charge is 2.23. The van der Waals surface area contributed by atoms with Gasteiger partial charge in [-0.15, -0.1) is 10.2 Å².